The minimum absolute atomic E-state index is 0.0293. The third-order valence-electron chi connectivity index (χ3n) is 6.62. The normalized spacial score (nSPS) is 23.7. The monoisotopic (exact) mass is 412 g/mol. The fourth-order valence-corrected chi connectivity index (χ4v) is 6.51. The van der Waals surface area contributed by atoms with Crippen LogP contribution in [0.3, 0.4) is 0 Å². The van der Waals surface area contributed by atoms with Crippen molar-refractivity contribution in [3.63, 3.8) is 0 Å². The highest BCUT2D eigenvalue weighted by atomic mass is 32.1. The van der Waals surface area contributed by atoms with Crippen LogP contribution in [0.1, 0.15) is 65.6 Å². The van der Waals surface area contributed by atoms with E-state index in [0.29, 0.717) is 28.8 Å². The maximum Gasteiger partial charge on any atom is 0.332 e. The number of thiophene rings is 1. The molecule has 0 unspecified atom stereocenters. The summed E-state index contributed by atoms with van der Waals surface area (Å²) in [5, 5.41) is 13.7. The van der Waals surface area contributed by atoms with Gasteiger partial charge in [0, 0.05) is 27.3 Å². The van der Waals surface area contributed by atoms with Crippen LogP contribution in [0.2, 0.25) is 0 Å². The van der Waals surface area contributed by atoms with Gasteiger partial charge in [-0.2, -0.15) is 4.98 Å². The zero-order valence-electron chi connectivity index (χ0n) is 16.7. The van der Waals surface area contributed by atoms with E-state index < -0.39 is 5.97 Å². The number of carbonyl (C=O) groups is 2. The van der Waals surface area contributed by atoms with E-state index in [4.69, 9.17) is 4.52 Å². The number of nitrogens with zero attached hydrogens (tertiary/aromatic N) is 2. The summed E-state index contributed by atoms with van der Waals surface area (Å²) in [6.45, 7) is 3.88. The van der Waals surface area contributed by atoms with Gasteiger partial charge in [0.15, 0.2) is 11.6 Å². The summed E-state index contributed by atoms with van der Waals surface area (Å²) in [6.07, 6.45) is 6.12. The molecule has 6 nitrogen and oxygen atoms in total. The molecule has 2 bridgehead atoms. The number of hydrogen-bond acceptors (Lipinski definition) is 6. The number of aryl methyl sites for hydroxylation is 2. The molecule has 2 fully saturated rings. The molecule has 152 valence electrons. The van der Waals surface area contributed by atoms with Crippen LogP contribution in [0.15, 0.2) is 15.7 Å². The van der Waals surface area contributed by atoms with Crippen LogP contribution in [0.4, 0.5) is 0 Å². The molecule has 7 heteroatoms. The SMILES string of the molecule is Cc1noc(-c2c(CC(=O)C3=C(C(=O)O)C4CCC3CC4)sc(C)c2C2CC2)n1. The molecule has 0 amide bonds. The standard InChI is InChI=1S/C22H24N2O4S/c1-10-17(12-3-4-12)20(21-23-11(2)24-28-21)16(29-10)9-15(25)18-13-5-7-14(8-6-13)19(18)22(26)27/h12-14H,3-9H2,1-2H3,(H,26,27). The van der Waals surface area contributed by atoms with E-state index in [2.05, 4.69) is 17.1 Å². The number of ketones is 1. The first-order valence-electron chi connectivity index (χ1n) is 10.4. The smallest absolute Gasteiger partial charge is 0.332 e. The summed E-state index contributed by atoms with van der Waals surface area (Å²) in [5.74, 6) is 0.710. The second-order valence-electron chi connectivity index (χ2n) is 8.57. The second kappa shape index (κ2) is 6.90. The maximum absolute atomic E-state index is 13.4. The van der Waals surface area contributed by atoms with Crippen molar-refractivity contribution in [3.8, 4) is 11.5 Å². The molecule has 0 aliphatic heterocycles. The zero-order valence-corrected chi connectivity index (χ0v) is 17.5. The highest BCUT2D eigenvalue weighted by Gasteiger charge is 2.41. The van der Waals surface area contributed by atoms with Gasteiger partial charge in [0.25, 0.3) is 5.89 Å². The minimum atomic E-state index is -0.920. The summed E-state index contributed by atoms with van der Waals surface area (Å²) in [5.41, 5.74) is 3.11. The topological polar surface area (TPSA) is 93.3 Å². The molecule has 2 saturated carbocycles. The van der Waals surface area contributed by atoms with Crippen molar-refractivity contribution < 1.29 is 19.2 Å². The zero-order chi connectivity index (χ0) is 20.3. The molecule has 0 aromatic carbocycles. The van der Waals surface area contributed by atoms with Gasteiger partial charge < -0.3 is 9.63 Å². The van der Waals surface area contributed by atoms with E-state index in [1.807, 2.05) is 0 Å². The average Bonchev–Trinajstić information content (AvgIpc) is 3.37. The van der Waals surface area contributed by atoms with Crippen molar-refractivity contribution in [2.75, 3.05) is 0 Å². The fraction of sp³-hybridized carbons (Fsp3) is 0.545. The lowest BCUT2D eigenvalue weighted by molar-refractivity contribution is -0.134. The summed E-state index contributed by atoms with van der Waals surface area (Å²) in [7, 11) is 0. The van der Waals surface area contributed by atoms with Gasteiger partial charge in [0.1, 0.15) is 0 Å². The second-order valence-corrected chi connectivity index (χ2v) is 9.88. The number of rotatable bonds is 6. The van der Waals surface area contributed by atoms with Crippen LogP contribution in [-0.2, 0) is 16.0 Å². The Morgan fingerprint density at radius 1 is 1.03 bits per heavy atom. The quantitative estimate of drug-likeness (QED) is 0.745. The van der Waals surface area contributed by atoms with Crippen LogP contribution < -0.4 is 0 Å². The summed E-state index contributed by atoms with van der Waals surface area (Å²) >= 11 is 1.62. The third-order valence-corrected chi connectivity index (χ3v) is 7.74. The van der Waals surface area contributed by atoms with Gasteiger partial charge in [0.2, 0.25) is 0 Å². The number of hydrogen-bond donors (Lipinski definition) is 1. The van der Waals surface area contributed by atoms with E-state index in [9.17, 15) is 14.7 Å². The van der Waals surface area contributed by atoms with Crippen molar-refractivity contribution in [2.45, 2.75) is 64.7 Å². The number of aromatic nitrogens is 2. The van der Waals surface area contributed by atoms with E-state index >= 15 is 0 Å². The molecule has 0 atom stereocenters. The Hall–Kier alpha value is -2.28. The Morgan fingerprint density at radius 3 is 2.21 bits per heavy atom. The number of carboxylic acids is 1. The first-order valence-corrected chi connectivity index (χ1v) is 11.2. The van der Waals surface area contributed by atoms with Gasteiger partial charge in [-0.3, -0.25) is 4.79 Å². The van der Waals surface area contributed by atoms with E-state index in [-0.39, 0.29) is 24.0 Å². The lowest BCUT2D eigenvalue weighted by Crippen LogP contribution is -2.34. The molecule has 4 aliphatic rings. The van der Waals surface area contributed by atoms with Crippen molar-refractivity contribution in [2.24, 2.45) is 11.8 Å². The number of allylic oxidation sites excluding steroid dienone is 1. The number of carboxylic acid groups (broad SMARTS) is 1. The first-order chi connectivity index (χ1) is 13.9. The summed E-state index contributed by atoms with van der Waals surface area (Å²) < 4.78 is 5.49. The molecule has 0 saturated heterocycles. The van der Waals surface area contributed by atoms with E-state index in [1.54, 1.807) is 18.3 Å². The molecule has 6 rings (SSSR count). The number of Topliss-reactive ketones (excluding diaryl/α,β-unsaturated/α-hetero) is 1. The van der Waals surface area contributed by atoms with Crippen LogP contribution in [0.25, 0.3) is 11.5 Å². The maximum atomic E-state index is 13.4. The van der Waals surface area contributed by atoms with E-state index in [1.165, 1.54) is 10.4 Å². The van der Waals surface area contributed by atoms with Gasteiger partial charge in [0.05, 0.1) is 5.56 Å². The van der Waals surface area contributed by atoms with Gasteiger partial charge >= 0.3 is 5.97 Å². The van der Waals surface area contributed by atoms with Crippen molar-refractivity contribution >= 4 is 23.1 Å². The summed E-state index contributed by atoms with van der Waals surface area (Å²) in [4.78, 5) is 31.9. The molecule has 1 N–H and O–H groups in total. The summed E-state index contributed by atoms with van der Waals surface area (Å²) in [6, 6.07) is 0. The Kier molecular flexibility index (Phi) is 4.46. The molecular formula is C22H24N2O4S. The highest BCUT2D eigenvalue weighted by molar-refractivity contribution is 7.12. The molecule has 2 heterocycles. The van der Waals surface area contributed by atoms with Gasteiger partial charge in [-0.15, -0.1) is 11.3 Å². The molecule has 0 spiro atoms. The van der Waals surface area contributed by atoms with Gasteiger partial charge in [-0.1, -0.05) is 5.16 Å². The number of aliphatic carboxylic acids is 1. The van der Waals surface area contributed by atoms with E-state index in [0.717, 1.165) is 49.0 Å². The third kappa shape index (κ3) is 3.16. The van der Waals surface area contributed by atoms with Crippen molar-refractivity contribution in [1.82, 2.24) is 10.1 Å². The van der Waals surface area contributed by atoms with Crippen LogP contribution in [0.5, 0.6) is 0 Å². The molecule has 29 heavy (non-hydrogen) atoms. The number of carbonyl (C=O) groups excluding carboxylic acids is 1. The molecule has 4 aliphatic carbocycles. The number of fused-ring (bicyclic) bond motifs is 2. The Bertz CT molecular complexity index is 1040. The molecular weight excluding hydrogens is 388 g/mol. The minimum Gasteiger partial charge on any atom is -0.478 e. The fourth-order valence-electron chi connectivity index (χ4n) is 5.26. The average molecular weight is 413 g/mol. The highest BCUT2D eigenvalue weighted by Crippen LogP contribution is 2.51. The van der Waals surface area contributed by atoms with Gasteiger partial charge in [-0.05, 0) is 75.7 Å². The Labute approximate surface area is 173 Å². The predicted molar refractivity (Wildman–Crippen MR) is 108 cm³/mol. The lowest BCUT2D eigenvalue weighted by atomic mass is 9.65. The lowest BCUT2D eigenvalue weighted by Gasteiger charge is -2.38. The molecule has 2 aromatic heterocycles. The largest absolute Gasteiger partial charge is 0.478 e. The van der Waals surface area contributed by atoms with Gasteiger partial charge in [-0.25, -0.2) is 4.79 Å². The van der Waals surface area contributed by atoms with Crippen LogP contribution in [0, 0.1) is 25.7 Å². The Morgan fingerprint density at radius 2 is 1.66 bits per heavy atom. The molecule has 0 radical (unpaired) electrons. The van der Waals surface area contributed by atoms with Crippen molar-refractivity contribution in [1.29, 1.82) is 0 Å². The first kappa shape index (κ1) is 18.7. The Balaban J connectivity index is 1.56. The predicted octanol–water partition coefficient (Wildman–Crippen LogP) is 4.61. The molecule has 2 aromatic rings. The van der Waals surface area contributed by atoms with Crippen molar-refractivity contribution in [3.05, 3.63) is 32.3 Å². The van der Waals surface area contributed by atoms with Crippen LogP contribution >= 0.6 is 11.3 Å². The van der Waals surface area contributed by atoms with Crippen LogP contribution in [-0.4, -0.2) is 27.0 Å².